The van der Waals surface area contributed by atoms with Crippen LogP contribution in [0.3, 0.4) is 0 Å². The van der Waals surface area contributed by atoms with Crippen molar-refractivity contribution in [3.05, 3.63) is 71.3 Å². The van der Waals surface area contributed by atoms with Crippen molar-refractivity contribution in [2.24, 2.45) is 0 Å². The van der Waals surface area contributed by atoms with Gasteiger partial charge >= 0.3 is 0 Å². The maximum Gasteiger partial charge on any atom is 0.165 e. The first-order valence-electron chi connectivity index (χ1n) is 8.85. The molecule has 3 nitrogen and oxygen atoms in total. The quantitative estimate of drug-likeness (QED) is 0.572. The van der Waals surface area contributed by atoms with E-state index in [1.165, 1.54) is 6.07 Å². The number of piperidine rings is 1. The van der Waals surface area contributed by atoms with Crippen LogP contribution in [-0.4, -0.2) is 29.1 Å². The number of fused-ring (bicyclic) bond motifs is 1. The minimum absolute atomic E-state index is 0. The second kappa shape index (κ2) is 8.87. The van der Waals surface area contributed by atoms with Crippen LogP contribution in [0, 0.1) is 5.82 Å². The normalized spacial score (nSPS) is 15.5. The molecule has 1 aromatic heterocycles. The Kier molecular flexibility index (Phi) is 6.53. The smallest absolute Gasteiger partial charge is 0.165 e. The SMILES string of the molecule is Cl.Fc1cc2cnccc2cc1OC1CCN(Cc2ccccc2Cl)CC1. The van der Waals surface area contributed by atoms with Crippen LogP contribution in [0.4, 0.5) is 4.39 Å². The van der Waals surface area contributed by atoms with Crippen molar-refractivity contribution in [3.8, 4) is 5.75 Å². The van der Waals surface area contributed by atoms with Gasteiger partial charge in [-0.05, 0) is 48.1 Å². The number of aromatic nitrogens is 1. The molecule has 142 valence electrons. The average molecular weight is 407 g/mol. The Morgan fingerprint density at radius 3 is 2.67 bits per heavy atom. The predicted octanol–water partition coefficient (Wildman–Crippen LogP) is 5.49. The highest BCUT2D eigenvalue weighted by Crippen LogP contribution is 2.27. The van der Waals surface area contributed by atoms with E-state index >= 15 is 0 Å². The van der Waals surface area contributed by atoms with Gasteiger partial charge < -0.3 is 4.74 Å². The van der Waals surface area contributed by atoms with Gasteiger partial charge in [-0.25, -0.2) is 4.39 Å². The van der Waals surface area contributed by atoms with Crippen molar-refractivity contribution >= 4 is 34.8 Å². The van der Waals surface area contributed by atoms with Gasteiger partial charge in [0.05, 0.1) is 0 Å². The third-order valence-corrected chi connectivity index (χ3v) is 5.24. The van der Waals surface area contributed by atoms with E-state index in [9.17, 15) is 4.39 Å². The van der Waals surface area contributed by atoms with Crippen LogP contribution in [-0.2, 0) is 6.54 Å². The van der Waals surface area contributed by atoms with Crippen molar-refractivity contribution < 1.29 is 9.13 Å². The number of halogens is 3. The maximum absolute atomic E-state index is 14.3. The van der Waals surface area contributed by atoms with Crippen molar-refractivity contribution in [2.45, 2.75) is 25.5 Å². The van der Waals surface area contributed by atoms with Crippen LogP contribution >= 0.6 is 24.0 Å². The Hall–Kier alpha value is -1.88. The summed E-state index contributed by atoms with van der Waals surface area (Å²) in [6, 6.07) is 13.1. The minimum atomic E-state index is -0.330. The van der Waals surface area contributed by atoms with E-state index in [1.807, 2.05) is 24.3 Å². The standard InChI is InChI=1S/C21H20ClFN2O.ClH/c22-19-4-2-1-3-16(19)14-25-9-6-18(7-10-25)26-21-12-15-5-8-24-13-17(15)11-20(21)23;/h1-5,8,11-13,18H,6-7,9-10,14H2;1H. The Morgan fingerprint density at radius 1 is 1.11 bits per heavy atom. The number of benzene rings is 2. The fraction of sp³-hybridized carbons (Fsp3) is 0.286. The molecule has 0 N–H and O–H groups in total. The zero-order valence-corrected chi connectivity index (χ0v) is 16.3. The number of likely N-dealkylation sites (tertiary alicyclic amines) is 1. The number of rotatable bonds is 4. The summed E-state index contributed by atoms with van der Waals surface area (Å²) >= 11 is 6.25. The lowest BCUT2D eigenvalue weighted by Crippen LogP contribution is -2.37. The third-order valence-electron chi connectivity index (χ3n) is 4.87. The van der Waals surface area contributed by atoms with Crippen molar-refractivity contribution in [1.29, 1.82) is 0 Å². The molecule has 0 unspecified atom stereocenters. The molecule has 0 amide bonds. The highest BCUT2D eigenvalue weighted by Gasteiger charge is 2.22. The Balaban J connectivity index is 0.00000210. The van der Waals surface area contributed by atoms with Gasteiger partial charge in [-0.3, -0.25) is 9.88 Å². The number of hydrogen-bond donors (Lipinski definition) is 0. The first-order chi connectivity index (χ1) is 12.7. The number of hydrogen-bond acceptors (Lipinski definition) is 3. The monoisotopic (exact) mass is 406 g/mol. The Morgan fingerprint density at radius 2 is 1.89 bits per heavy atom. The highest BCUT2D eigenvalue weighted by atomic mass is 35.5. The second-order valence-electron chi connectivity index (χ2n) is 6.69. The molecule has 3 aromatic rings. The van der Waals surface area contributed by atoms with Crippen molar-refractivity contribution in [1.82, 2.24) is 9.88 Å². The summed E-state index contributed by atoms with van der Waals surface area (Å²) in [5.74, 6) is -0.00255. The summed E-state index contributed by atoms with van der Waals surface area (Å²) < 4.78 is 20.3. The fourth-order valence-corrected chi connectivity index (χ4v) is 3.61. The van der Waals surface area contributed by atoms with Crippen LogP contribution in [0.25, 0.3) is 10.8 Å². The molecule has 0 bridgehead atoms. The predicted molar refractivity (Wildman–Crippen MR) is 109 cm³/mol. The molecule has 2 aromatic carbocycles. The van der Waals surface area contributed by atoms with Gasteiger partial charge in [0, 0.05) is 42.4 Å². The molecule has 6 heteroatoms. The van der Waals surface area contributed by atoms with Gasteiger partial charge in [0.1, 0.15) is 6.10 Å². The van der Waals surface area contributed by atoms with E-state index in [4.69, 9.17) is 16.3 Å². The first-order valence-corrected chi connectivity index (χ1v) is 9.22. The first kappa shape index (κ1) is 19.9. The van der Waals surface area contributed by atoms with Gasteiger partial charge in [-0.15, -0.1) is 12.4 Å². The van der Waals surface area contributed by atoms with Gasteiger partial charge in [0.2, 0.25) is 0 Å². The highest BCUT2D eigenvalue weighted by molar-refractivity contribution is 6.31. The zero-order chi connectivity index (χ0) is 17.9. The summed E-state index contributed by atoms with van der Waals surface area (Å²) in [5.41, 5.74) is 1.14. The molecule has 1 aliphatic rings. The van der Waals surface area contributed by atoms with Gasteiger partial charge in [0.15, 0.2) is 11.6 Å². The summed E-state index contributed by atoms with van der Waals surface area (Å²) in [6.07, 6.45) is 5.15. The van der Waals surface area contributed by atoms with E-state index in [0.717, 1.165) is 53.8 Å². The Labute approximate surface area is 169 Å². The molecule has 1 saturated heterocycles. The van der Waals surface area contributed by atoms with Crippen LogP contribution in [0.5, 0.6) is 5.75 Å². The van der Waals surface area contributed by atoms with E-state index in [2.05, 4.69) is 16.0 Å². The van der Waals surface area contributed by atoms with E-state index in [1.54, 1.807) is 18.5 Å². The molecule has 0 radical (unpaired) electrons. The van der Waals surface area contributed by atoms with Crippen molar-refractivity contribution in [3.63, 3.8) is 0 Å². The van der Waals surface area contributed by atoms with Crippen LogP contribution in [0.2, 0.25) is 5.02 Å². The van der Waals surface area contributed by atoms with Crippen LogP contribution < -0.4 is 4.74 Å². The molecule has 0 aliphatic carbocycles. The van der Waals surface area contributed by atoms with E-state index in [-0.39, 0.29) is 24.3 Å². The van der Waals surface area contributed by atoms with E-state index in [0.29, 0.717) is 5.75 Å². The molecule has 1 fully saturated rings. The molecule has 0 atom stereocenters. The van der Waals surface area contributed by atoms with Crippen LogP contribution in [0.15, 0.2) is 54.9 Å². The summed E-state index contributed by atoms with van der Waals surface area (Å²) in [7, 11) is 0. The largest absolute Gasteiger partial charge is 0.487 e. The fourth-order valence-electron chi connectivity index (χ4n) is 3.41. The lowest BCUT2D eigenvalue weighted by Gasteiger charge is -2.32. The van der Waals surface area contributed by atoms with Crippen LogP contribution in [0.1, 0.15) is 18.4 Å². The molecule has 2 heterocycles. The minimum Gasteiger partial charge on any atom is -0.487 e. The molecule has 0 saturated carbocycles. The third kappa shape index (κ3) is 4.70. The number of pyridine rings is 1. The number of nitrogens with zero attached hydrogens (tertiary/aromatic N) is 2. The summed E-state index contributed by atoms with van der Waals surface area (Å²) in [6.45, 7) is 2.66. The molecule has 4 rings (SSSR count). The molecular weight excluding hydrogens is 386 g/mol. The molecule has 0 spiro atoms. The number of ether oxygens (including phenoxy) is 1. The average Bonchev–Trinajstić information content (AvgIpc) is 2.66. The van der Waals surface area contributed by atoms with Gasteiger partial charge in [0.25, 0.3) is 0 Å². The van der Waals surface area contributed by atoms with E-state index < -0.39 is 0 Å². The van der Waals surface area contributed by atoms with Gasteiger partial charge in [-0.1, -0.05) is 29.8 Å². The molecule has 1 aliphatic heterocycles. The molecule has 27 heavy (non-hydrogen) atoms. The molecular formula is C21H21Cl2FN2O. The lowest BCUT2D eigenvalue weighted by molar-refractivity contribution is 0.0937. The van der Waals surface area contributed by atoms with Crippen molar-refractivity contribution in [2.75, 3.05) is 13.1 Å². The zero-order valence-electron chi connectivity index (χ0n) is 14.8. The summed E-state index contributed by atoms with van der Waals surface area (Å²) in [4.78, 5) is 6.39. The van der Waals surface area contributed by atoms with Gasteiger partial charge in [-0.2, -0.15) is 0 Å². The Bertz CT molecular complexity index is 914. The second-order valence-corrected chi connectivity index (χ2v) is 7.10. The maximum atomic E-state index is 14.3. The topological polar surface area (TPSA) is 25.4 Å². The summed E-state index contributed by atoms with van der Waals surface area (Å²) in [5, 5.41) is 2.53. The lowest BCUT2D eigenvalue weighted by atomic mass is 10.1.